The molecule has 0 saturated carbocycles. The van der Waals surface area contributed by atoms with Crippen LogP contribution < -0.4 is 15.4 Å². The number of aromatic nitrogens is 2. The molecule has 20 heavy (non-hydrogen) atoms. The number of nitrogens with one attached hydrogen (secondary N) is 2. The lowest BCUT2D eigenvalue weighted by atomic mass is 10.2. The molecule has 0 saturated heterocycles. The Morgan fingerprint density at radius 2 is 1.80 bits per heavy atom. The molecule has 8 heteroatoms. The van der Waals surface area contributed by atoms with Crippen molar-refractivity contribution in [3.63, 3.8) is 0 Å². The van der Waals surface area contributed by atoms with Gasteiger partial charge in [0.25, 0.3) is 0 Å². The van der Waals surface area contributed by atoms with Gasteiger partial charge in [0.15, 0.2) is 23.3 Å². The Hall–Kier alpha value is -2.51. The van der Waals surface area contributed by atoms with Crippen LogP contribution in [0.25, 0.3) is 0 Å². The summed E-state index contributed by atoms with van der Waals surface area (Å²) >= 11 is 0. The molecule has 0 radical (unpaired) electrons. The van der Waals surface area contributed by atoms with Gasteiger partial charge >= 0.3 is 0 Å². The summed E-state index contributed by atoms with van der Waals surface area (Å²) in [4.78, 5) is 7.75. The van der Waals surface area contributed by atoms with Crippen molar-refractivity contribution in [3.8, 4) is 5.75 Å². The molecule has 5 nitrogen and oxygen atoms in total. The first-order valence-electron chi connectivity index (χ1n) is 5.55. The minimum absolute atomic E-state index is 0.0794. The highest BCUT2D eigenvalue weighted by Gasteiger charge is 2.16. The minimum Gasteiger partial charge on any atom is -0.490 e. The number of nitrogens with zero attached hydrogens (tertiary/aromatic N) is 2. The van der Waals surface area contributed by atoms with Crippen molar-refractivity contribution in [2.45, 2.75) is 0 Å². The number of anilines is 3. The van der Waals surface area contributed by atoms with Crippen LogP contribution in [-0.2, 0) is 0 Å². The molecule has 1 heterocycles. The Labute approximate surface area is 112 Å². The third-order valence-electron chi connectivity index (χ3n) is 2.49. The number of benzene rings is 1. The van der Waals surface area contributed by atoms with Crippen molar-refractivity contribution >= 4 is 17.3 Å². The molecule has 0 fully saturated rings. The molecular formula is C12H11F3N4O. The van der Waals surface area contributed by atoms with E-state index >= 15 is 0 Å². The van der Waals surface area contributed by atoms with Crippen molar-refractivity contribution in [1.82, 2.24) is 9.97 Å². The molecule has 0 amide bonds. The fraction of sp³-hybridized carbons (Fsp3) is 0.167. The van der Waals surface area contributed by atoms with E-state index in [-0.39, 0.29) is 17.3 Å². The third-order valence-corrected chi connectivity index (χ3v) is 2.49. The summed E-state index contributed by atoms with van der Waals surface area (Å²) in [6.45, 7) is 0. The van der Waals surface area contributed by atoms with Gasteiger partial charge in [-0.25, -0.2) is 23.1 Å². The third kappa shape index (κ3) is 2.58. The lowest BCUT2D eigenvalue weighted by molar-refractivity contribution is 0.415. The minimum atomic E-state index is -1.30. The molecule has 0 aliphatic rings. The average molecular weight is 284 g/mol. The van der Waals surface area contributed by atoms with Crippen LogP contribution in [0.5, 0.6) is 5.75 Å². The molecule has 0 aliphatic heterocycles. The Morgan fingerprint density at radius 3 is 2.45 bits per heavy atom. The number of hydrogen-bond acceptors (Lipinski definition) is 5. The summed E-state index contributed by atoms with van der Waals surface area (Å²) in [7, 11) is 2.98. The molecule has 2 aromatic rings. The molecule has 2 N–H and O–H groups in total. The zero-order chi connectivity index (χ0) is 14.7. The van der Waals surface area contributed by atoms with Gasteiger partial charge in [0.1, 0.15) is 12.1 Å². The highest BCUT2D eigenvalue weighted by Crippen LogP contribution is 2.32. The summed E-state index contributed by atoms with van der Waals surface area (Å²) in [5.74, 6) is -2.79. The van der Waals surface area contributed by atoms with Crippen LogP contribution in [0.3, 0.4) is 0 Å². The maximum atomic E-state index is 13.6. The zero-order valence-corrected chi connectivity index (χ0v) is 10.7. The second-order valence-electron chi connectivity index (χ2n) is 3.73. The van der Waals surface area contributed by atoms with E-state index in [4.69, 9.17) is 4.74 Å². The first-order chi connectivity index (χ1) is 9.56. The molecule has 2 rings (SSSR count). The summed E-state index contributed by atoms with van der Waals surface area (Å²) in [5.41, 5.74) is -0.387. The van der Waals surface area contributed by atoms with Crippen molar-refractivity contribution in [2.75, 3.05) is 24.8 Å². The van der Waals surface area contributed by atoms with Crippen LogP contribution in [0.2, 0.25) is 0 Å². The monoisotopic (exact) mass is 284 g/mol. The van der Waals surface area contributed by atoms with Crippen LogP contribution >= 0.6 is 0 Å². The second-order valence-corrected chi connectivity index (χ2v) is 3.73. The molecule has 1 aromatic heterocycles. The fourth-order valence-corrected chi connectivity index (χ4v) is 1.61. The van der Waals surface area contributed by atoms with Crippen molar-refractivity contribution in [2.24, 2.45) is 0 Å². The molecule has 0 atom stereocenters. The second kappa shape index (κ2) is 5.64. The maximum absolute atomic E-state index is 13.6. The SMILES string of the molecule is CNc1ncnc(Nc2cc(F)cc(F)c2F)c1OC. The predicted octanol–water partition coefficient (Wildman–Crippen LogP) is 2.69. The molecule has 0 spiro atoms. The lowest BCUT2D eigenvalue weighted by Gasteiger charge is -2.13. The summed E-state index contributed by atoms with van der Waals surface area (Å²) in [5, 5.41) is 5.23. The standard InChI is InChI=1S/C12H11F3N4O/c1-16-11-10(20-2)12(18-5-17-11)19-8-4-6(13)3-7(14)9(8)15/h3-5H,1-2H3,(H2,16,17,18,19). The highest BCUT2D eigenvalue weighted by atomic mass is 19.2. The van der Waals surface area contributed by atoms with Crippen molar-refractivity contribution in [3.05, 3.63) is 35.9 Å². The number of methoxy groups -OCH3 is 1. The van der Waals surface area contributed by atoms with Gasteiger partial charge in [-0.3, -0.25) is 0 Å². The zero-order valence-electron chi connectivity index (χ0n) is 10.7. The molecular weight excluding hydrogens is 273 g/mol. The van der Waals surface area contributed by atoms with Gasteiger partial charge in [0.2, 0.25) is 5.75 Å². The van der Waals surface area contributed by atoms with Crippen LogP contribution in [0.15, 0.2) is 18.5 Å². The van der Waals surface area contributed by atoms with E-state index in [0.29, 0.717) is 11.9 Å². The van der Waals surface area contributed by atoms with Gasteiger partial charge in [0, 0.05) is 19.2 Å². The van der Waals surface area contributed by atoms with Crippen molar-refractivity contribution < 1.29 is 17.9 Å². The summed E-state index contributed by atoms with van der Waals surface area (Å²) < 4.78 is 44.9. The van der Waals surface area contributed by atoms with Crippen LogP contribution in [0, 0.1) is 17.5 Å². The van der Waals surface area contributed by atoms with Gasteiger partial charge in [-0.2, -0.15) is 0 Å². The van der Waals surface area contributed by atoms with Crippen molar-refractivity contribution in [1.29, 1.82) is 0 Å². The smallest absolute Gasteiger partial charge is 0.204 e. The fourth-order valence-electron chi connectivity index (χ4n) is 1.61. The van der Waals surface area contributed by atoms with E-state index in [1.807, 2.05) is 0 Å². The highest BCUT2D eigenvalue weighted by molar-refractivity contribution is 5.69. The van der Waals surface area contributed by atoms with E-state index in [1.165, 1.54) is 13.4 Å². The van der Waals surface area contributed by atoms with E-state index in [9.17, 15) is 13.2 Å². The molecule has 1 aromatic carbocycles. The predicted molar refractivity (Wildman–Crippen MR) is 67.7 cm³/mol. The Balaban J connectivity index is 2.45. The summed E-state index contributed by atoms with van der Waals surface area (Å²) in [6.07, 6.45) is 1.20. The Bertz CT molecular complexity index is 636. The first-order valence-corrected chi connectivity index (χ1v) is 5.55. The molecule has 0 unspecified atom stereocenters. The molecule has 106 valence electrons. The number of ether oxygens (including phenoxy) is 1. The Morgan fingerprint density at radius 1 is 1.10 bits per heavy atom. The summed E-state index contributed by atoms with van der Waals surface area (Å²) in [6, 6.07) is 1.27. The largest absolute Gasteiger partial charge is 0.490 e. The van der Waals surface area contributed by atoms with Gasteiger partial charge in [-0.15, -0.1) is 0 Å². The molecule has 0 aliphatic carbocycles. The quantitative estimate of drug-likeness (QED) is 0.845. The van der Waals surface area contributed by atoms with E-state index in [1.54, 1.807) is 7.05 Å². The van der Waals surface area contributed by atoms with E-state index in [0.717, 1.165) is 6.07 Å². The molecule has 0 bridgehead atoms. The van der Waals surface area contributed by atoms with Crippen LogP contribution in [0.4, 0.5) is 30.5 Å². The average Bonchev–Trinajstić information content (AvgIpc) is 2.43. The first kappa shape index (κ1) is 13.9. The number of hydrogen-bond donors (Lipinski definition) is 2. The van der Waals surface area contributed by atoms with Gasteiger partial charge in [0.05, 0.1) is 12.8 Å². The van der Waals surface area contributed by atoms with E-state index in [2.05, 4.69) is 20.6 Å². The normalized spacial score (nSPS) is 10.2. The van der Waals surface area contributed by atoms with Crippen LogP contribution in [0.1, 0.15) is 0 Å². The Kier molecular flexibility index (Phi) is 3.92. The van der Waals surface area contributed by atoms with E-state index < -0.39 is 17.5 Å². The number of halogens is 3. The topological polar surface area (TPSA) is 59.1 Å². The van der Waals surface area contributed by atoms with Crippen LogP contribution in [-0.4, -0.2) is 24.1 Å². The van der Waals surface area contributed by atoms with Gasteiger partial charge in [-0.1, -0.05) is 0 Å². The van der Waals surface area contributed by atoms with Gasteiger partial charge < -0.3 is 15.4 Å². The maximum Gasteiger partial charge on any atom is 0.204 e. The number of rotatable bonds is 4. The van der Waals surface area contributed by atoms with Gasteiger partial charge in [-0.05, 0) is 0 Å². The lowest BCUT2D eigenvalue weighted by Crippen LogP contribution is -2.05.